The first kappa shape index (κ1) is 25.4. The van der Waals surface area contributed by atoms with Crippen LogP contribution < -0.4 is 15.8 Å². The number of alkyl halides is 1. The summed E-state index contributed by atoms with van der Waals surface area (Å²) in [6.45, 7) is 0.545. The lowest BCUT2D eigenvalue weighted by atomic mass is 10.1. The van der Waals surface area contributed by atoms with E-state index in [1.165, 1.54) is 18.5 Å². The molecule has 11 heteroatoms. The smallest absolute Gasteiger partial charge is 0.274 e. The first-order chi connectivity index (χ1) is 14.9. The normalized spacial score (nSPS) is 11.4. The number of pyridine rings is 2. The predicted octanol–water partition coefficient (Wildman–Crippen LogP) is 4.43. The van der Waals surface area contributed by atoms with E-state index in [1.54, 1.807) is 0 Å². The maximum Gasteiger partial charge on any atom is 0.274 e. The second kappa shape index (κ2) is 11.7. The summed E-state index contributed by atoms with van der Waals surface area (Å²) < 4.78 is 48.0. The van der Waals surface area contributed by atoms with E-state index in [2.05, 4.69) is 15.3 Å². The van der Waals surface area contributed by atoms with E-state index in [0.29, 0.717) is 18.2 Å². The van der Waals surface area contributed by atoms with Crippen LogP contribution in [0.2, 0.25) is 0 Å². The van der Waals surface area contributed by atoms with Gasteiger partial charge in [0.2, 0.25) is 0 Å². The Morgan fingerprint density at radius 2 is 1.84 bits per heavy atom. The topological polar surface area (TPSA) is 90.1 Å². The Labute approximate surface area is 193 Å². The molecule has 32 heavy (non-hydrogen) atoms. The van der Waals surface area contributed by atoms with Crippen LogP contribution in [0, 0.1) is 23.4 Å². The number of rotatable bonds is 8. The molecule has 0 aliphatic rings. The van der Waals surface area contributed by atoms with E-state index in [4.69, 9.17) is 22.1 Å². The Morgan fingerprint density at radius 1 is 1.12 bits per heavy atom. The van der Waals surface area contributed by atoms with Gasteiger partial charge >= 0.3 is 0 Å². The molecule has 3 N–H and O–H groups in total. The highest BCUT2D eigenvalue weighted by Gasteiger charge is 2.20. The number of carbonyl (C=O) groups excluding carboxylic acids is 1. The van der Waals surface area contributed by atoms with Crippen LogP contribution in [0.4, 0.5) is 18.9 Å². The van der Waals surface area contributed by atoms with Gasteiger partial charge in [0.05, 0.1) is 18.4 Å². The van der Waals surface area contributed by atoms with Gasteiger partial charge in [-0.25, -0.2) is 18.2 Å². The van der Waals surface area contributed by atoms with Crippen LogP contribution >= 0.6 is 24.0 Å². The lowest BCUT2D eigenvalue weighted by molar-refractivity contribution is 0.102. The van der Waals surface area contributed by atoms with E-state index in [1.807, 2.05) is 0 Å². The average molecular weight is 487 g/mol. The molecule has 170 valence electrons. The monoisotopic (exact) mass is 486 g/mol. The van der Waals surface area contributed by atoms with Crippen LogP contribution in [0.5, 0.6) is 5.75 Å². The standard InChI is InChI=1S/C21H18ClF3N4O2.ClH/c22-8-12(9-26)11-31-18-6-7-27-10-17(18)29-21(30)16-5-4-15(25)20(28-16)19-13(23)2-1-3-14(19)24;/h1-7,10,12H,8-9,11,26H2,(H,29,30);1H. The highest BCUT2D eigenvalue weighted by Crippen LogP contribution is 2.28. The summed E-state index contributed by atoms with van der Waals surface area (Å²) in [7, 11) is 0. The number of halogens is 5. The summed E-state index contributed by atoms with van der Waals surface area (Å²) in [6.07, 6.45) is 2.82. The van der Waals surface area contributed by atoms with Crippen LogP contribution in [0.1, 0.15) is 10.5 Å². The van der Waals surface area contributed by atoms with Gasteiger partial charge < -0.3 is 15.8 Å². The molecule has 3 aromatic rings. The molecule has 0 fully saturated rings. The first-order valence-corrected chi connectivity index (χ1v) is 9.73. The average Bonchev–Trinajstić information content (AvgIpc) is 2.76. The molecule has 0 aliphatic carbocycles. The number of nitrogens with zero attached hydrogens (tertiary/aromatic N) is 2. The third kappa shape index (κ3) is 5.87. The van der Waals surface area contributed by atoms with Gasteiger partial charge in [-0.2, -0.15) is 0 Å². The molecule has 1 amide bonds. The molecule has 0 bridgehead atoms. The highest BCUT2D eigenvalue weighted by molar-refractivity contribution is 6.18. The molecule has 0 aliphatic heterocycles. The number of nitrogens with two attached hydrogens (primary N) is 1. The molecule has 0 spiro atoms. The molecule has 0 saturated heterocycles. The Bertz CT molecular complexity index is 1060. The van der Waals surface area contributed by atoms with Crippen molar-refractivity contribution < 1.29 is 22.7 Å². The number of hydrogen-bond donors (Lipinski definition) is 2. The largest absolute Gasteiger partial charge is 0.491 e. The molecule has 2 aromatic heterocycles. The molecule has 2 heterocycles. The van der Waals surface area contributed by atoms with Gasteiger partial charge in [-0.05, 0) is 30.8 Å². The zero-order valence-electron chi connectivity index (χ0n) is 16.5. The quantitative estimate of drug-likeness (QED) is 0.459. The molecule has 0 saturated carbocycles. The van der Waals surface area contributed by atoms with Crippen LogP contribution in [-0.4, -0.2) is 34.9 Å². The number of hydrogen-bond acceptors (Lipinski definition) is 5. The van der Waals surface area contributed by atoms with E-state index in [-0.39, 0.29) is 36.3 Å². The number of aromatic nitrogens is 2. The van der Waals surface area contributed by atoms with E-state index < -0.39 is 34.6 Å². The maximum atomic E-state index is 14.2. The number of nitrogens with one attached hydrogen (secondary N) is 1. The fourth-order valence-corrected chi connectivity index (χ4v) is 2.85. The number of amides is 1. The number of anilines is 1. The Hall–Kier alpha value is -2.88. The third-order valence-electron chi connectivity index (χ3n) is 4.33. The lowest BCUT2D eigenvalue weighted by Crippen LogP contribution is -2.23. The minimum atomic E-state index is -0.999. The van der Waals surface area contributed by atoms with Gasteiger partial charge in [-0.15, -0.1) is 24.0 Å². The third-order valence-corrected chi connectivity index (χ3v) is 4.77. The molecule has 1 unspecified atom stereocenters. The Morgan fingerprint density at radius 3 is 2.50 bits per heavy atom. The van der Waals surface area contributed by atoms with Gasteiger partial charge in [-0.1, -0.05) is 6.07 Å². The van der Waals surface area contributed by atoms with Crippen molar-refractivity contribution in [2.75, 3.05) is 24.3 Å². The van der Waals surface area contributed by atoms with Crippen molar-refractivity contribution in [2.45, 2.75) is 0 Å². The van der Waals surface area contributed by atoms with Gasteiger partial charge in [-0.3, -0.25) is 9.78 Å². The minimum Gasteiger partial charge on any atom is -0.491 e. The number of benzene rings is 1. The van der Waals surface area contributed by atoms with Crippen molar-refractivity contribution in [1.82, 2.24) is 9.97 Å². The predicted molar refractivity (Wildman–Crippen MR) is 118 cm³/mol. The summed E-state index contributed by atoms with van der Waals surface area (Å²) in [4.78, 5) is 20.4. The fourth-order valence-electron chi connectivity index (χ4n) is 2.64. The molecular formula is C21H19Cl2F3N4O2. The molecule has 6 nitrogen and oxygen atoms in total. The molecule has 1 aromatic carbocycles. The SMILES string of the molecule is Cl.NCC(CCl)COc1ccncc1NC(=O)c1ccc(F)c(-c2c(F)cccc2F)n1. The molecule has 0 radical (unpaired) electrons. The Balaban J connectivity index is 0.00000363. The first-order valence-electron chi connectivity index (χ1n) is 9.19. The van der Waals surface area contributed by atoms with Crippen LogP contribution in [-0.2, 0) is 0 Å². The Kier molecular flexibility index (Phi) is 9.25. The minimum absolute atomic E-state index is 0. The van der Waals surface area contributed by atoms with E-state index in [9.17, 15) is 18.0 Å². The molecular weight excluding hydrogens is 468 g/mol. The van der Waals surface area contributed by atoms with Gasteiger partial charge in [0.1, 0.15) is 40.3 Å². The highest BCUT2D eigenvalue weighted by atomic mass is 35.5. The summed E-state index contributed by atoms with van der Waals surface area (Å²) in [5, 5.41) is 2.55. The van der Waals surface area contributed by atoms with Crippen LogP contribution in [0.25, 0.3) is 11.3 Å². The van der Waals surface area contributed by atoms with E-state index in [0.717, 1.165) is 30.3 Å². The van der Waals surface area contributed by atoms with Crippen molar-refractivity contribution >= 4 is 35.6 Å². The fraction of sp³-hybridized carbons (Fsp3) is 0.190. The number of ether oxygens (including phenoxy) is 1. The van der Waals surface area contributed by atoms with Crippen molar-refractivity contribution in [3.63, 3.8) is 0 Å². The van der Waals surface area contributed by atoms with Crippen molar-refractivity contribution in [2.24, 2.45) is 11.7 Å². The summed E-state index contributed by atoms with van der Waals surface area (Å²) in [6, 6.07) is 6.64. The second-order valence-electron chi connectivity index (χ2n) is 6.52. The van der Waals surface area contributed by atoms with Crippen molar-refractivity contribution in [3.8, 4) is 17.0 Å². The van der Waals surface area contributed by atoms with Crippen molar-refractivity contribution in [3.05, 3.63) is 71.9 Å². The van der Waals surface area contributed by atoms with E-state index >= 15 is 0 Å². The van der Waals surface area contributed by atoms with Gasteiger partial charge in [0.15, 0.2) is 0 Å². The molecule has 1 atom stereocenters. The van der Waals surface area contributed by atoms with Gasteiger partial charge in [0.25, 0.3) is 5.91 Å². The van der Waals surface area contributed by atoms with Gasteiger partial charge in [0, 0.05) is 24.1 Å². The zero-order valence-corrected chi connectivity index (χ0v) is 18.1. The summed E-state index contributed by atoms with van der Waals surface area (Å²) in [5.41, 5.74) is 4.30. The van der Waals surface area contributed by atoms with Crippen LogP contribution in [0.15, 0.2) is 48.8 Å². The summed E-state index contributed by atoms with van der Waals surface area (Å²) >= 11 is 5.80. The number of carbonyl (C=O) groups is 1. The zero-order chi connectivity index (χ0) is 22.4. The van der Waals surface area contributed by atoms with Crippen molar-refractivity contribution in [1.29, 1.82) is 0 Å². The summed E-state index contributed by atoms with van der Waals surface area (Å²) in [5.74, 6) is -3.19. The molecule has 3 rings (SSSR count). The maximum absolute atomic E-state index is 14.2. The van der Waals surface area contributed by atoms with Crippen LogP contribution in [0.3, 0.4) is 0 Å². The second-order valence-corrected chi connectivity index (χ2v) is 6.83. The lowest BCUT2D eigenvalue weighted by Gasteiger charge is -2.15.